The molecule has 4 bridgehead atoms. The number of aliphatic hydroxyl groups excluding tert-OH is 1. The zero-order valence-corrected chi connectivity index (χ0v) is 47.7. The number of aliphatic hydroxyl groups is 2. The topological polar surface area (TPSA) is 220 Å². The molecule has 4 fully saturated rings. The van der Waals surface area contributed by atoms with Crippen molar-refractivity contribution < 1.29 is 76.9 Å². The molecule has 4 aliphatic heterocycles. The van der Waals surface area contributed by atoms with Gasteiger partial charge in [-0.15, -0.1) is 0 Å². The highest BCUT2D eigenvalue weighted by atomic mass is 16.7. The molecule has 2 N–H and O–H groups in total. The summed E-state index contributed by atoms with van der Waals surface area (Å²) in [6, 6.07) is 0. The Kier molecular flexibility index (Phi) is 23.0. The molecular formula is C59H91NO16. The number of hydrogen-bond donors (Lipinski definition) is 2. The van der Waals surface area contributed by atoms with Crippen LogP contribution in [0.15, 0.2) is 47.6 Å². The van der Waals surface area contributed by atoms with Crippen LogP contribution in [0.25, 0.3) is 0 Å². The van der Waals surface area contributed by atoms with Crippen molar-refractivity contribution in [3.8, 4) is 0 Å². The lowest BCUT2D eigenvalue weighted by Gasteiger charge is -2.42. The van der Waals surface area contributed by atoms with E-state index < -0.39 is 107 Å². The first kappa shape index (κ1) is 62.9. The van der Waals surface area contributed by atoms with Gasteiger partial charge in [0.2, 0.25) is 5.79 Å². The summed E-state index contributed by atoms with van der Waals surface area (Å²) < 4.78 is 47.5. The van der Waals surface area contributed by atoms with Gasteiger partial charge in [-0.1, -0.05) is 71.1 Å². The molecule has 0 spiro atoms. The van der Waals surface area contributed by atoms with Crippen LogP contribution in [0.4, 0.5) is 0 Å². The number of allylic oxidation sites excluding steroid dienone is 6. The van der Waals surface area contributed by atoms with Crippen LogP contribution in [0, 0.1) is 46.8 Å². The van der Waals surface area contributed by atoms with Crippen LogP contribution in [-0.2, 0) is 66.7 Å². The van der Waals surface area contributed by atoms with E-state index in [1.165, 1.54) is 12.0 Å². The molecule has 4 heterocycles. The van der Waals surface area contributed by atoms with Gasteiger partial charge in [-0.2, -0.15) is 0 Å². The van der Waals surface area contributed by atoms with Gasteiger partial charge in [0.25, 0.3) is 11.7 Å². The van der Waals surface area contributed by atoms with Crippen LogP contribution in [0.5, 0.6) is 0 Å². The number of nitrogens with zero attached hydrogens (tertiary/aromatic N) is 1. The number of esters is 2. The molecule has 0 aromatic carbocycles. The Morgan fingerprint density at radius 1 is 0.842 bits per heavy atom. The fourth-order valence-corrected chi connectivity index (χ4v) is 11.3. The zero-order valence-electron chi connectivity index (χ0n) is 47.7. The van der Waals surface area contributed by atoms with Gasteiger partial charge in [-0.05, 0) is 121 Å². The van der Waals surface area contributed by atoms with Crippen LogP contribution in [0.3, 0.4) is 0 Å². The second kappa shape index (κ2) is 27.8. The Morgan fingerprint density at radius 3 is 2.20 bits per heavy atom. The molecule has 17 heteroatoms. The normalized spacial score (nSPS) is 38.8. The highest BCUT2D eigenvalue weighted by Crippen LogP contribution is 2.39. The molecule has 1 amide bonds. The predicted octanol–water partition coefficient (Wildman–Crippen LogP) is 7.38. The number of amides is 1. The van der Waals surface area contributed by atoms with E-state index in [0.717, 1.165) is 5.57 Å². The maximum absolute atomic E-state index is 14.4. The van der Waals surface area contributed by atoms with E-state index in [1.54, 1.807) is 61.8 Å². The number of Topliss-reactive ketones (excluding diaryl/α,β-unsaturated/α-hetero) is 3. The van der Waals surface area contributed by atoms with Crippen LogP contribution in [0.2, 0.25) is 0 Å². The van der Waals surface area contributed by atoms with Gasteiger partial charge >= 0.3 is 11.9 Å². The quantitative estimate of drug-likeness (QED) is 0.138. The molecule has 17 nitrogen and oxygen atoms in total. The van der Waals surface area contributed by atoms with Crippen molar-refractivity contribution in [3.05, 3.63) is 47.6 Å². The minimum absolute atomic E-state index is 0.000421. The molecule has 0 radical (unpaired) electrons. The van der Waals surface area contributed by atoms with Crippen LogP contribution in [0.1, 0.15) is 140 Å². The van der Waals surface area contributed by atoms with E-state index >= 15 is 0 Å². The number of ether oxygens (including phenoxy) is 8. The maximum Gasteiger partial charge on any atom is 0.316 e. The van der Waals surface area contributed by atoms with Gasteiger partial charge in [0.1, 0.15) is 35.6 Å². The van der Waals surface area contributed by atoms with Crippen LogP contribution >= 0.6 is 0 Å². The summed E-state index contributed by atoms with van der Waals surface area (Å²) in [6.45, 7) is 18.4. The molecule has 5 rings (SSSR count). The Hall–Kier alpha value is -3.94. The van der Waals surface area contributed by atoms with E-state index in [0.29, 0.717) is 69.8 Å². The van der Waals surface area contributed by atoms with Crippen molar-refractivity contribution in [2.75, 3.05) is 47.6 Å². The minimum Gasteiger partial charge on any atom is -0.461 e. The number of carbonyl (C=O) groups excluding carboxylic acids is 6. The van der Waals surface area contributed by atoms with E-state index in [1.807, 2.05) is 58.1 Å². The molecule has 0 aromatic rings. The van der Waals surface area contributed by atoms with Gasteiger partial charge in [-0.3, -0.25) is 28.8 Å². The van der Waals surface area contributed by atoms with Crippen LogP contribution in [-0.4, -0.2) is 152 Å². The number of ketones is 3. The Labute approximate surface area is 451 Å². The molecule has 76 heavy (non-hydrogen) atoms. The molecule has 15 atom stereocenters. The van der Waals surface area contributed by atoms with Crippen molar-refractivity contribution in [2.45, 2.75) is 194 Å². The van der Waals surface area contributed by atoms with E-state index in [9.17, 15) is 39.0 Å². The van der Waals surface area contributed by atoms with Crippen molar-refractivity contribution in [1.29, 1.82) is 0 Å². The van der Waals surface area contributed by atoms with Gasteiger partial charge < -0.3 is 53.0 Å². The summed E-state index contributed by atoms with van der Waals surface area (Å²) in [7, 11) is 4.54. The van der Waals surface area contributed by atoms with Gasteiger partial charge in [-0.25, -0.2) is 0 Å². The summed E-state index contributed by atoms with van der Waals surface area (Å²) in [5.74, 6) is -9.86. The third-order valence-electron chi connectivity index (χ3n) is 16.7. The number of piperidine rings is 1. The average Bonchev–Trinajstić information content (AvgIpc) is 3.39. The third kappa shape index (κ3) is 16.3. The van der Waals surface area contributed by atoms with Crippen molar-refractivity contribution in [2.24, 2.45) is 46.8 Å². The van der Waals surface area contributed by atoms with Crippen LogP contribution < -0.4 is 0 Å². The number of carbonyl (C=O) groups is 6. The first-order chi connectivity index (χ1) is 35.8. The second-order valence-electron chi connectivity index (χ2n) is 23.6. The monoisotopic (exact) mass is 1070 g/mol. The molecule has 428 valence electrons. The summed E-state index contributed by atoms with van der Waals surface area (Å²) in [5, 5.41) is 23.5. The Morgan fingerprint density at radius 2 is 1.54 bits per heavy atom. The zero-order chi connectivity index (χ0) is 56.3. The van der Waals surface area contributed by atoms with Crippen molar-refractivity contribution in [3.63, 3.8) is 0 Å². The molecule has 3 saturated heterocycles. The van der Waals surface area contributed by atoms with Crippen molar-refractivity contribution >= 4 is 35.2 Å². The number of cyclic esters (lactones) is 1. The Bertz CT molecular complexity index is 2140. The first-order valence-corrected chi connectivity index (χ1v) is 27.7. The molecular weight excluding hydrogens is 979 g/mol. The fourth-order valence-electron chi connectivity index (χ4n) is 11.3. The number of fused-ring (bicyclic) bond motifs is 4. The number of methoxy groups -OCH3 is 3. The predicted molar refractivity (Wildman–Crippen MR) is 283 cm³/mol. The summed E-state index contributed by atoms with van der Waals surface area (Å²) in [5.41, 5.74) is 0.277. The summed E-state index contributed by atoms with van der Waals surface area (Å²) in [6.07, 6.45) is 10.4. The van der Waals surface area contributed by atoms with Crippen molar-refractivity contribution in [1.82, 2.24) is 4.90 Å². The SMILES string of the molecule is CO[C@H]1C[C@@H]2CC[C@@H](C)[C@@](O)(O2)C(=O)C(=O)N2CCCC(C2)C(=O)O[C@H]([C@H](C)C[C@@H]2CC[C@@H](OC(=O)C3(C)COC(C)(C)OC3)[C@H](OC)C2)CC(=O)[C@H](C)/C=C(\C)[C@@H](O)[C@@H](OC)C(=O)[C@H](C)C[C@H](C)/C=C/C=C/C=C/1C. The molecule has 1 aliphatic carbocycles. The average molecular weight is 1070 g/mol. The fraction of sp³-hybridized carbons (Fsp3) is 0.763. The van der Waals surface area contributed by atoms with E-state index in [4.69, 9.17) is 37.9 Å². The number of hydrogen-bond acceptors (Lipinski definition) is 16. The standard InChI is InChI=1S/C59H91NO16/c1-35-18-15-14-16-19-36(2)47(69-11)30-44-23-21-41(7)59(68,76-44)53(64)54(65)60-25-17-20-43(32-60)55(66)74-48(31-45(61)37(3)27-40(6)51(63)52(71-13)50(62)39(5)26-35)38(4)28-42-22-24-46(49(29-42)70-12)75-56(67)58(10)33-72-57(8,9)73-34-58/h14-16,18-19,27,35,37-39,41-44,46-49,51-52,63,68H,17,20-26,28-34H2,1-13H3/b16-14+,18-15+,36-19+,40-27+/t35-,37-,38-,39-,41-,42+,43?,44+,46-,47+,48+,49-,51-,52+,59-/m1/s1. The van der Waals surface area contributed by atoms with E-state index in [2.05, 4.69) is 0 Å². The Balaban J connectivity index is 1.40. The van der Waals surface area contributed by atoms with Gasteiger partial charge in [0.05, 0.1) is 37.4 Å². The number of rotatable bonds is 8. The van der Waals surface area contributed by atoms with Gasteiger partial charge in [0, 0.05) is 65.0 Å². The molecule has 0 aromatic heterocycles. The highest BCUT2D eigenvalue weighted by Gasteiger charge is 2.52. The lowest BCUT2D eigenvalue weighted by molar-refractivity contribution is -0.283. The summed E-state index contributed by atoms with van der Waals surface area (Å²) in [4.78, 5) is 85.5. The minimum atomic E-state index is -2.39. The second-order valence-corrected chi connectivity index (χ2v) is 23.6. The van der Waals surface area contributed by atoms with Gasteiger partial charge in [0.15, 0.2) is 11.6 Å². The summed E-state index contributed by atoms with van der Waals surface area (Å²) >= 11 is 0. The maximum atomic E-state index is 14.4. The first-order valence-electron chi connectivity index (χ1n) is 27.7. The highest BCUT2D eigenvalue weighted by molar-refractivity contribution is 6.38. The molecule has 5 aliphatic rings. The smallest absolute Gasteiger partial charge is 0.316 e. The lowest BCUT2D eigenvalue weighted by atomic mass is 9.78. The molecule has 1 unspecified atom stereocenters. The molecule has 1 saturated carbocycles. The van der Waals surface area contributed by atoms with E-state index in [-0.39, 0.29) is 62.0 Å². The third-order valence-corrected chi connectivity index (χ3v) is 16.7. The largest absolute Gasteiger partial charge is 0.461 e. The lowest BCUT2D eigenvalue weighted by Crippen LogP contribution is -2.59.